The zero-order valence-corrected chi connectivity index (χ0v) is 16.1. The number of aryl methyl sites for hydroxylation is 1. The molecule has 0 atom stereocenters. The maximum absolute atomic E-state index is 12.4. The summed E-state index contributed by atoms with van der Waals surface area (Å²) in [4.78, 5) is 23.5. The van der Waals surface area contributed by atoms with Crippen LogP contribution in [0.15, 0.2) is 48.1 Å². The van der Waals surface area contributed by atoms with E-state index in [1.165, 1.54) is 35.4 Å². The highest BCUT2D eigenvalue weighted by Crippen LogP contribution is 2.27. The fraction of sp³-hybridized carbons (Fsp3) is 0.286. The van der Waals surface area contributed by atoms with Gasteiger partial charge in [0.2, 0.25) is 5.91 Å². The minimum atomic E-state index is -0.0497. The van der Waals surface area contributed by atoms with Crippen LogP contribution in [0.5, 0.6) is 0 Å². The van der Waals surface area contributed by atoms with E-state index in [2.05, 4.69) is 33.2 Å². The van der Waals surface area contributed by atoms with Crippen molar-refractivity contribution in [2.45, 2.75) is 26.2 Å². The molecule has 3 aromatic rings. The minimum Gasteiger partial charge on any atom is -0.371 e. The summed E-state index contributed by atoms with van der Waals surface area (Å²) < 4.78 is 0. The first-order valence-electron chi connectivity index (χ1n) is 9.19. The molecule has 6 heteroatoms. The first-order valence-corrected chi connectivity index (χ1v) is 10.1. The molecule has 2 aromatic heterocycles. The Morgan fingerprint density at radius 3 is 2.85 bits per heavy atom. The number of anilines is 2. The van der Waals surface area contributed by atoms with Gasteiger partial charge in [-0.1, -0.05) is 0 Å². The van der Waals surface area contributed by atoms with Crippen molar-refractivity contribution >= 4 is 28.6 Å². The molecule has 27 heavy (non-hydrogen) atoms. The molecule has 5 nitrogen and oxygen atoms in total. The Morgan fingerprint density at radius 2 is 2.11 bits per heavy atom. The second kappa shape index (κ2) is 7.88. The Labute approximate surface area is 163 Å². The molecule has 0 saturated carbocycles. The summed E-state index contributed by atoms with van der Waals surface area (Å²) in [5, 5.41) is 5.81. The van der Waals surface area contributed by atoms with Crippen LogP contribution in [0, 0.1) is 6.92 Å². The molecule has 1 N–H and O–H groups in total. The molecule has 1 aliphatic rings. The van der Waals surface area contributed by atoms with Gasteiger partial charge < -0.3 is 10.2 Å². The number of nitrogens with zero attached hydrogens (tertiary/aromatic N) is 3. The molecular formula is C21H22N4OS. The maximum atomic E-state index is 12.4. The number of thiazole rings is 1. The second-order valence-electron chi connectivity index (χ2n) is 6.81. The molecule has 1 amide bonds. The molecule has 1 aliphatic heterocycles. The Morgan fingerprint density at radius 1 is 1.26 bits per heavy atom. The van der Waals surface area contributed by atoms with Crippen LogP contribution in [-0.4, -0.2) is 29.0 Å². The van der Waals surface area contributed by atoms with Crippen LogP contribution in [0.4, 0.5) is 11.4 Å². The number of carbonyl (C=O) groups excluding carboxylic acids is 1. The standard InChI is InChI=1S/C21H22N4OS/c1-15-11-17(6-7-19(15)25-9-2-3-10-25)23-20(26)12-18-14-27-21(24-18)16-5-4-8-22-13-16/h4-8,11,13-14H,2-3,9-10,12H2,1H3,(H,23,26). The van der Waals surface area contributed by atoms with Crippen molar-refractivity contribution in [1.82, 2.24) is 9.97 Å². The Balaban J connectivity index is 1.39. The number of pyridine rings is 1. The van der Waals surface area contributed by atoms with Crippen molar-refractivity contribution in [3.05, 3.63) is 59.4 Å². The third-order valence-electron chi connectivity index (χ3n) is 4.73. The maximum Gasteiger partial charge on any atom is 0.230 e. The summed E-state index contributed by atoms with van der Waals surface area (Å²) in [5.41, 5.74) is 5.06. The van der Waals surface area contributed by atoms with E-state index in [0.717, 1.165) is 35.0 Å². The average molecular weight is 379 g/mol. The predicted octanol–water partition coefficient (Wildman–Crippen LogP) is 4.29. The van der Waals surface area contributed by atoms with Crippen LogP contribution < -0.4 is 10.2 Å². The smallest absolute Gasteiger partial charge is 0.230 e. The predicted molar refractivity (Wildman–Crippen MR) is 110 cm³/mol. The summed E-state index contributed by atoms with van der Waals surface area (Å²) in [7, 11) is 0. The van der Waals surface area contributed by atoms with Gasteiger partial charge in [0.1, 0.15) is 5.01 Å². The van der Waals surface area contributed by atoms with Gasteiger partial charge in [0.05, 0.1) is 12.1 Å². The lowest BCUT2D eigenvalue weighted by Gasteiger charge is -2.20. The molecule has 0 radical (unpaired) electrons. The van der Waals surface area contributed by atoms with E-state index >= 15 is 0 Å². The van der Waals surface area contributed by atoms with E-state index in [4.69, 9.17) is 0 Å². The van der Waals surface area contributed by atoms with E-state index in [1.54, 1.807) is 12.4 Å². The minimum absolute atomic E-state index is 0.0497. The summed E-state index contributed by atoms with van der Waals surface area (Å²) in [6.07, 6.45) is 6.30. The average Bonchev–Trinajstić information content (AvgIpc) is 3.35. The fourth-order valence-corrected chi connectivity index (χ4v) is 4.24. The molecule has 1 saturated heterocycles. The molecule has 3 heterocycles. The van der Waals surface area contributed by atoms with Gasteiger partial charge in [0.15, 0.2) is 0 Å². The molecule has 1 fully saturated rings. The highest BCUT2D eigenvalue weighted by Gasteiger charge is 2.15. The van der Waals surface area contributed by atoms with E-state index < -0.39 is 0 Å². The van der Waals surface area contributed by atoms with Gasteiger partial charge in [-0.3, -0.25) is 9.78 Å². The van der Waals surface area contributed by atoms with Gasteiger partial charge in [0, 0.05) is 47.8 Å². The highest BCUT2D eigenvalue weighted by atomic mass is 32.1. The third-order valence-corrected chi connectivity index (χ3v) is 5.67. The van der Waals surface area contributed by atoms with Crippen LogP contribution in [0.3, 0.4) is 0 Å². The molecule has 0 unspecified atom stereocenters. The number of hydrogen-bond donors (Lipinski definition) is 1. The number of benzene rings is 1. The monoisotopic (exact) mass is 378 g/mol. The lowest BCUT2D eigenvalue weighted by Crippen LogP contribution is -2.19. The van der Waals surface area contributed by atoms with E-state index in [1.807, 2.05) is 29.6 Å². The van der Waals surface area contributed by atoms with Gasteiger partial charge in [-0.15, -0.1) is 11.3 Å². The molecular weight excluding hydrogens is 356 g/mol. The van der Waals surface area contributed by atoms with Crippen LogP contribution in [0.25, 0.3) is 10.6 Å². The largest absolute Gasteiger partial charge is 0.371 e. The van der Waals surface area contributed by atoms with Gasteiger partial charge in [-0.2, -0.15) is 0 Å². The third kappa shape index (κ3) is 4.17. The normalized spacial score (nSPS) is 13.7. The lowest BCUT2D eigenvalue weighted by molar-refractivity contribution is -0.115. The summed E-state index contributed by atoms with van der Waals surface area (Å²) in [6.45, 7) is 4.34. The molecule has 138 valence electrons. The number of aromatic nitrogens is 2. The molecule has 0 bridgehead atoms. The molecule has 1 aromatic carbocycles. The quantitative estimate of drug-likeness (QED) is 0.719. The van der Waals surface area contributed by atoms with Gasteiger partial charge in [-0.05, 0) is 55.7 Å². The van der Waals surface area contributed by atoms with Crippen molar-refractivity contribution < 1.29 is 4.79 Å². The number of amides is 1. The van der Waals surface area contributed by atoms with Crippen LogP contribution >= 0.6 is 11.3 Å². The number of rotatable bonds is 5. The van der Waals surface area contributed by atoms with E-state index in [9.17, 15) is 4.79 Å². The Kier molecular flexibility index (Phi) is 5.16. The van der Waals surface area contributed by atoms with E-state index in [-0.39, 0.29) is 12.3 Å². The fourth-order valence-electron chi connectivity index (χ4n) is 3.43. The second-order valence-corrected chi connectivity index (χ2v) is 7.66. The van der Waals surface area contributed by atoms with Crippen molar-refractivity contribution in [3.8, 4) is 10.6 Å². The number of nitrogens with one attached hydrogen (secondary N) is 1. The van der Waals surface area contributed by atoms with Gasteiger partial charge >= 0.3 is 0 Å². The highest BCUT2D eigenvalue weighted by molar-refractivity contribution is 7.13. The summed E-state index contributed by atoms with van der Waals surface area (Å²) in [6, 6.07) is 10.0. The topological polar surface area (TPSA) is 58.1 Å². The first-order chi connectivity index (χ1) is 13.2. The molecule has 0 aliphatic carbocycles. The number of carbonyl (C=O) groups is 1. The van der Waals surface area contributed by atoms with Gasteiger partial charge in [0.25, 0.3) is 0 Å². The SMILES string of the molecule is Cc1cc(NC(=O)Cc2csc(-c3cccnc3)n2)ccc1N1CCCC1. The Bertz CT molecular complexity index is 932. The first kappa shape index (κ1) is 17.7. The van der Waals surface area contributed by atoms with Gasteiger partial charge in [-0.25, -0.2) is 4.98 Å². The lowest BCUT2D eigenvalue weighted by atomic mass is 10.1. The van der Waals surface area contributed by atoms with Crippen molar-refractivity contribution in [2.75, 3.05) is 23.3 Å². The summed E-state index contributed by atoms with van der Waals surface area (Å²) in [5.74, 6) is -0.0497. The van der Waals surface area contributed by atoms with Crippen molar-refractivity contribution in [3.63, 3.8) is 0 Å². The van der Waals surface area contributed by atoms with Crippen LogP contribution in [0.2, 0.25) is 0 Å². The zero-order valence-electron chi connectivity index (χ0n) is 15.3. The van der Waals surface area contributed by atoms with Crippen molar-refractivity contribution in [1.29, 1.82) is 0 Å². The number of hydrogen-bond acceptors (Lipinski definition) is 5. The van der Waals surface area contributed by atoms with E-state index in [0.29, 0.717) is 0 Å². The van der Waals surface area contributed by atoms with Crippen molar-refractivity contribution in [2.24, 2.45) is 0 Å². The zero-order chi connectivity index (χ0) is 18.6. The van der Waals surface area contributed by atoms with Crippen LogP contribution in [0.1, 0.15) is 24.1 Å². The molecule has 4 rings (SSSR count). The molecule has 0 spiro atoms. The summed E-state index contributed by atoms with van der Waals surface area (Å²) >= 11 is 1.53. The van der Waals surface area contributed by atoms with Crippen LogP contribution in [-0.2, 0) is 11.2 Å². The Hall–Kier alpha value is -2.73.